The van der Waals surface area contributed by atoms with Gasteiger partial charge in [-0.25, -0.2) is 9.59 Å². The molecule has 3 N–H and O–H groups in total. The van der Waals surface area contributed by atoms with Gasteiger partial charge in [-0.2, -0.15) is 0 Å². The quantitative estimate of drug-likeness (QED) is 0.553. The van der Waals surface area contributed by atoms with Crippen molar-refractivity contribution in [2.45, 2.75) is 52.2 Å². The second kappa shape index (κ2) is 7.92. The summed E-state index contributed by atoms with van der Waals surface area (Å²) >= 11 is 0. The van der Waals surface area contributed by atoms with Gasteiger partial charge in [0.2, 0.25) is 0 Å². The molecule has 0 aliphatic heterocycles. The Bertz CT molecular complexity index is 274. The summed E-state index contributed by atoms with van der Waals surface area (Å²) in [5.41, 5.74) is 4.73. The van der Waals surface area contributed by atoms with Gasteiger partial charge in [0.25, 0.3) is 0 Å². The van der Waals surface area contributed by atoms with Crippen LogP contribution < -0.4 is 11.1 Å². The third-order valence-electron chi connectivity index (χ3n) is 1.93. The predicted octanol–water partition coefficient (Wildman–Crippen LogP) is 1.18. The topological polar surface area (TPSA) is 90.6 Å². The van der Waals surface area contributed by atoms with Gasteiger partial charge in [-0.3, -0.25) is 0 Å². The number of hydrogen-bond acceptors (Lipinski definition) is 5. The van der Waals surface area contributed by atoms with E-state index in [9.17, 15) is 9.59 Å². The molecule has 0 aromatic carbocycles. The van der Waals surface area contributed by atoms with Crippen LogP contribution in [0.3, 0.4) is 0 Å². The Balaban J connectivity index is 3.90. The highest BCUT2D eigenvalue weighted by molar-refractivity contribution is 5.80. The minimum absolute atomic E-state index is 0.316. The van der Waals surface area contributed by atoms with Crippen molar-refractivity contribution >= 4 is 12.1 Å². The molecule has 0 aliphatic rings. The maximum Gasteiger partial charge on any atom is 0.408 e. The largest absolute Gasteiger partial charge is 0.464 e. The molecule has 0 aromatic heterocycles. The number of carbonyl (C=O) groups is 2. The molecular weight excluding hydrogens is 236 g/mol. The summed E-state index contributed by atoms with van der Waals surface area (Å²) in [6, 6.07) is -0.724. The number of nitrogens with one attached hydrogen (secondary N) is 1. The standard InChI is InChI=1S/C12H24N2O4/c1-9(10(15)17-8-6-5-7-13)14-11(16)18-12(2,3)4/h9H,5-8,13H2,1-4H3,(H,14,16)/t9-/m1/s1. The molecule has 0 unspecified atom stereocenters. The summed E-state index contributed by atoms with van der Waals surface area (Å²) in [6.45, 7) is 7.70. The van der Waals surface area contributed by atoms with E-state index in [-0.39, 0.29) is 0 Å². The van der Waals surface area contributed by atoms with Crippen molar-refractivity contribution in [2.75, 3.05) is 13.2 Å². The molecule has 106 valence electrons. The lowest BCUT2D eigenvalue weighted by atomic mass is 10.2. The molecule has 0 saturated heterocycles. The molecule has 0 rings (SSSR count). The summed E-state index contributed by atoms with van der Waals surface area (Å²) in [7, 11) is 0. The third kappa shape index (κ3) is 8.81. The van der Waals surface area contributed by atoms with Gasteiger partial charge >= 0.3 is 12.1 Å². The summed E-state index contributed by atoms with van der Waals surface area (Å²) in [5, 5.41) is 2.42. The van der Waals surface area contributed by atoms with Crippen LogP contribution in [0.2, 0.25) is 0 Å². The van der Waals surface area contributed by atoms with Crippen LogP contribution >= 0.6 is 0 Å². The fourth-order valence-electron chi connectivity index (χ4n) is 1.09. The van der Waals surface area contributed by atoms with E-state index in [0.29, 0.717) is 13.2 Å². The molecular formula is C12H24N2O4. The van der Waals surface area contributed by atoms with Crippen molar-refractivity contribution in [3.05, 3.63) is 0 Å². The molecule has 0 aliphatic carbocycles. The number of carbonyl (C=O) groups excluding carboxylic acids is 2. The Morgan fingerprint density at radius 2 is 1.89 bits per heavy atom. The molecule has 0 saturated carbocycles. The number of nitrogens with two attached hydrogens (primary N) is 1. The molecule has 0 heterocycles. The smallest absolute Gasteiger partial charge is 0.408 e. The van der Waals surface area contributed by atoms with Gasteiger partial charge in [0, 0.05) is 0 Å². The summed E-state index contributed by atoms with van der Waals surface area (Å²) in [6.07, 6.45) is 0.900. The normalized spacial score (nSPS) is 12.7. The average Bonchev–Trinajstić information content (AvgIpc) is 2.21. The van der Waals surface area contributed by atoms with Crippen LogP contribution in [0.5, 0.6) is 0 Å². The number of alkyl carbamates (subject to hydrolysis) is 1. The monoisotopic (exact) mass is 260 g/mol. The molecule has 0 fully saturated rings. The number of hydrogen-bond donors (Lipinski definition) is 2. The Kier molecular flexibility index (Phi) is 7.35. The van der Waals surface area contributed by atoms with Crippen molar-refractivity contribution in [3.63, 3.8) is 0 Å². The van der Waals surface area contributed by atoms with Gasteiger partial charge in [-0.05, 0) is 47.1 Å². The van der Waals surface area contributed by atoms with Crippen LogP contribution in [-0.4, -0.2) is 36.9 Å². The van der Waals surface area contributed by atoms with Gasteiger partial charge in [0.1, 0.15) is 11.6 Å². The second-order valence-electron chi connectivity index (χ2n) is 5.03. The fourth-order valence-corrected chi connectivity index (χ4v) is 1.09. The van der Waals surface area contributed by atoms with E-state index in [1.54, 1.807) is 27.7 Å². The van der Waals surface area contributed by atoms with E-state index in [2.05, 4.69) is 5.32 Å². The maximum atomic E-state index is 11.5. The molecule has 6 nitrogen and oxygen atoms in total. The van der Waals surface area contributed by atoms with Gasteiger partial charge in [0.05, 0.1) is 6.61 Å². The Morgan fingerprint density at radius 1 is 1.28 bits per heavy atom. The first-order valence-electron chi connectivity index (χ1n) is 6.12. The van der Waals surface area contributed by atoms with E-state index < -0.39 is 23.7 Å². The zero-order valence-electron chi connectivity index (χ0n) is 11.6. The van der Waals surface area contributed by atoms with E-state index >= 15 is 0 Å². The Hall–Kier alpha value is -1.30. The van der Waals surface area contributed by atoms with Crippen LogP contribution in [0, 0.1) is 0 Å². The zero-order chi connectivity index (χ0) is 14.2. The van der Waals surface area contributed by atoms with Crippen molar-refractivity contribution in [1.29, 1.82) is 0 Å². The lowest BCUT2D eigenvalue weighted by Gasteiger charge is -2.21. The Labute approximate surface area is 108 Å². The minimum atomic E-state index is -0.724. The highest BCUT2D eigenvalue weighted by Gasteiger charge is 2.21. The van der Waals surface area contributed by atoms with E-state index in [1.807, 2.05) is 0 Å². The van der Waals surface area contributed by atoms with E-state index in [4.69, 9.17) is 15.2 Å². The molecule has 0 bridgehead atoms. The number of unbranched alkanes of at least 4 members (excludes halogenated alkanes) is 1. The van der Waals surface area contributed by atoms with E-state index in [0.717, 1.165) is 12.8 Å². The molecule has 1 amide bonds. The first kappa shape index (κ1) is 16.7. The van der Waals surface area contributed by atoms with Crippen LogP contribution in [0.25, 0.3) is 0 Å². The molecule has 0 radical (unpaired) electrons. The summed E-state index contributed by atoms with van der Waals surface area (Å²) in [4.78, 5) is 22.9. The minimum Gasteiger partial charge on any atom is -0.464 e. The van der Waals surface area contributed by atoms with E-state index in [1.165, 1.54) is 0 Å². The van der Waals surface area contributed by atoms with Crippen molar-refractivity contribution in [2.24, 2.45) is 5.73 Å². The van der Waals surface area contributed by atoms with Crippen LogP contribution in [-0.2, 0) is 14.3 Å². The first-order chi connectivity index (χ1) is 8.26. The van der Waals surface area contributed by atoms with Gasteiger partial charge < -0.3 is 20.5 Å². The SMILES string of the molecule is C[C@@H](NC(=O)OC(C)(C)C)C(=O)OCCCCN. The van der Waals surface area contributed by atoms with Gasteiger partial charge in [-0.1, -0.05) is 0 Å². The molecule has 6 heteroatoms. The van der Waals surface area contributed by atoms with Crippen molar-refractivity contribution in [1.82, 2.24) is 5.32 Å². The van der Waals surface area contributed by atoms with Gasteiger partial charge in [0.15, 0.2) is 0 Å². The average molecular weight is 260 g/mol. The maximum absolute atomic E-state index is 11.5. The zero-order valence-corrected chi connectivity index (χ0v) is 11.6. The molecule has 0 spiro atoms. The number of ether oxygens (including phenoxy) is 2. The van der Waals surface area contributed by atoms with Gasteiger partial charge in [-0.15, -0.1) is 0 Å². The fraction of sp³-hybridized carbons (Fsp3) is 0.833. The van der Waals surface area contributed by atoms with Crippen LogP contribution in [0.1, 0.15) is 40.5 Å². The highest BCUT2D eigenvalue weighted by Crippen LogP contribution is 2.06. The van der Waals surface area contributed by atoms with Crippen molar-refractivity contribution in [3.8, 4) is 0 Å². The number of amides is 1. The first-order valence-corrected chi connectivity index (χ1v) is 6.12. The Morgan fingerprint density at radius 3 is 2.39 bits per heavy atom. The second-order valence-corrected chi connectivity index (χ2v) is 5.03. The number of esters is 1. The van der Waals surface area contributed by atoms with Crippen molar-refractivity contribution < 1.29 is 19.1 Å². The molecule has 0 aromatic rings. The highest BCUT2D eigenvalue weighted by atomic mass is 16.6. The third-order valence-corrected chi connectivity index (χ3v) is 1.93. The lowest BCUT2D eigenvalue weighted by molar-refractivity contribution is -0.145. The van der Waals surface area contributed by atoms with Crippen LogP contribution in [0.15, 0.2) is 0 Å². The number of rotatable bonds is 6. The van der Waals surface area contributed by atoms with Crippen LogP contribution in [0.4, 0.5) is 4.79 Å². The molecule has 1 atom stereocenters. The lowest BCUT2D eigenvalue weighted by Crippen LogP contribution is -2.42. The summed E-state index contributed by atoms with van der Waals surface area (Å²) < 4.78 is 10.00. The summed E-state index contributed by atoms with van der Waals surface area (Å²) in [5.74, 6) is -0.474. The molecule has 18 heavy (non-hydrogen) atoms. The predicted molar refractivity (Wildman–Crippen MR) is 68.1 cm³/mol.